The molecule has 2 saturated heterocycles. The van der Waals surface area contributed by atoms with Crippen LogP contribution in [0.25, 0.3) is 0 Å². The molecular weight excluding hydrogens is 460 g/mol. The third-order valence-electron chi connectivity index (χ3n) is 5.63. The number of amides is 2. The van der Waals surface area contributed by atoms with Crippen molar-refractivity contribution in [1.29, 1.82) is 0 Å². The van der Waals surface area contributed by atoms with Crippen LogP contribution in [0.2, 0.25) is 0 Å². The Morgan fingerprint density at radius 3 is 2.35 bits per heavy atom. The van der Waals surface area contributed by atoms with Crippen LogP contribution < -0.4 is 14.7 Å². The predicted molar refractivity (Wildman–Crippen MR) is 120 cm³/mol. The number of methoxy groups -OCH3 is 1. The van der Waals surface area contributed by atoms with Gasteiger partial charge in [-0.05, 0) is 42.0 Å². The minimum absolute atomic E-state index is 0.286. The molecule has 2 heterocycles. The van der Waals surface area contributed by atoms with Crippen LogP contribution in [0.15, 0.2) is 83.3 Å². The second-order valence-corrected chi connectivity index (χ2v) is 8.34. The molecule has 0 aromatic heterocycles. The number of ether oxygens (including phenoxy) is 1. The highest BCUT2D eigenvalue weighted by Crippen LogP contribution is 2.48. The fraction of sp³-hybridized carbons (Fsp3) is 0.167. The van der Waals surface area contributed by atoms with Crippen LogP contribution in [0.1, 0.15) is 11.6 Å². The average Bonchev–Trinajstić information content (AvgIpc) is 3.30. The van der Waals surface area contributed by atoms with Gasteiger partial charge in [0.2, 0.25) is 5.91 Å². The van der Waals surface area contributed by atoms with Crippen LogP contribution in [0.4, 0.5) is 11.4 Å². The Balaban J connectivity index is 1.58. The van der Waals surface area contributed by atoms with Crippen LogP contribution in [0.5, 0.6) is 5.75 Å². The molecule has 3 aromatic rings. The topological polar surface area (TPSA) is 59.1 Å². The van der Waals surface area contributed by atoms with Gasteiger partial charge < -0.3 is 4.74 Å². The number of hydrogen-bond acceptors (Lipinski definition) is 5. The molecule has 0 aliphatic carbocycles. The van der Waals surface area contributed by atoms with E-state index in [2.05, 4.69) is 15.9 Å². The molecule has 3 aromatic carbocycles. The third-order valence-corrected chi connectivity index (χ3v) is 6.12. The van der Waals surface area contributed by atoms with E-state index in [9.17, 15) is 9.59 Å². The van der Waals surface area contributed by atoms with Crippen LogP contribution >= 0.6 is 15.9 Å². The molecule has 2 aliphatic rings. The van der Waals surface area contributed by atoms with Crippen molar-refractivity contribution in [2.75, 3.05) is 17.1 Å². The average molecular weight is 479 g/mol. The van der Waals surface area contributed by atoms with Crippen LogP contribution in [0, 0.1) is 5.92 Å². The molecule has 2 amide bonds. The number of hydrogen-bond donors (Lipinski definition) is 0. The summed E-state index contributed by atoms with van der Waals surface area (Å²) in [5.74, 6) is -0.757. The number of imide groups is 1. The molecule has 0 unspecified atom stereocenters. The van der Waals surface area contributed by atoms with E-state index in [4.69, 9.17) is 9.57 Å². The lowest BCUT2D eigenvalue weighted by molar-refractivity contribution is -0.126. The number of carbonyl (C=O) groups is 2. The van der Waals surface area contributed by atoms with Gasteiger partial charge in [0.05, 0.1) is 24.5 Å². The van der Waals surface area contributed by atoms with Crippen molar-refractivity contribution in [2.24, 2.45) is 5.92 Å². The maximum Gasteiger partial charge on any atom is 0.266 e. The van der Waals surface area contributed by atoms with E-state index in [1.165, 1.54) is 4.90 Å². The minimum Gasteiger partial charge on any atom is -0.497 e. The molecule has 0 N–H and O–H groups in total. The summed E-state index contributed by atoms with van der Waals surface area (Å²) in [4.78, 5) is 34.3. The Kier molecular flexibility index (Phi) is 5.00. The highest BCUT2D eigenvalue weighted by Gasteiger charge is 2.60. The van der Waals surface area contributed by atoms with E-state index < -0.39 is 18.1 Å². The number of halogens is 1. The smallest absolute Gasteiger partial charge is 0.266 e. The summed E-state index contributed by atoms with van der Waals surface area (Å²) in [6.07, 6.45) is -0.900. The van der Waals surface area contributed by atoms with Gasteiger partial charge in [0, 0.05) is 10.5 Å². The van der Waals surface area contributed by atoms with E-state index in [0.717, 1.165) is 15.7 Å². The monoisotopic (exact) mass is 478 g/mol. The first kappa shape index (κ1) is 19.8. The van der Waals surface area contributed by atoms with Crippen molar-refractivity contribution in [2.45, 2.75) is 12.1 Å². The highest BCUT2D eigenvalue weighted by atomic mass is 79.9. The number of carbonyl (C=O) groups excluding carboxylic acids is 2. The first-order valence-corrected chi connectivity index (χ1v) is 10.7. The van der Waals surface area contributed by atoms with Crippen molar-refractivity contribution in [3.63, 3.8) is 0 Å². The first-order valence-electron chi connectivity index (χ1n) is 9.87. The van der Waals surface area contributed by atoms with E-state index in [1.54, 1.807) is 36.4 Å². The van der Waals surface area contributed by atoms with Gasteiger partial charge in [-0.15, -0.1) is 0 Å². The van der Waals surface area contributed by atoms with Gasteiger partial charge >= 0.3 is 0 Å². The van der Waals surface area contributed by atoms with Gasteiger partial charge in [-0.2, -0.15) is 0 Å². The van der Waals surface area contributed by atoms with E-state index >= 15 is 0 Å². The summed E-state index contributed by atoms with van der Waals surface area (Å²) in [6.45, 7) is 0. The Bertz CT molecular complexity index is 1150. The molecule has 2 aliphatic heterocycles. The second kappa shape index (κ2) is 7.83. The summed E-state index contributed by atoms with van der Waals surface area (Å²) in [7, 11) is 1.55. The molecule has 0 radical (unpaired) electrons. The number of fused-ring (bicyclic) bond motifs is 1. The Hall–Kier alpha value is -3.16. The maximum absolute atomic E-state index is 13.6. The predicted octanol–water partition coefficient (Wildman–Crippen LogP) is 4.51. The maximum atomic E-state index is 13.6. The zero-order valence-corrected chi connectivity index (χ0v) is 18.2. The number of benzene rings is 3. The van der Waals surface area contributed by atoms with E-state index in [0.29, 0.717) is 11.4 Å². The number of nitrogens with zero attached hydrogens (tertiary/aromatic N) is 2. The van der Waals surface area contributed by atoms with Crippen molar-refractivity contribution < 1.29 is 19.2 Å². The van der Waals surface area contributed by atoms with Crippen molar-refractivity contribution in [3.8, 4) is 5.75 Å². The standard InChI is InChI=1S/C24H19BrN2O4/c1-30-19-12-6-11-18(14-19)26-23(28)20-21(15-7-5-8-16(25)13-15)27(31-22(20)24(26)29)17-9-3-2-4-10-17/h2-14,20-22H,1H3/t20-,21-,22-/m0/s1. The van der Waals surface area contributed by atoms with Gasteiger partial charge in [-0.3, -0.25) is 14.4 Å². The molecule has 0 saturated carbocycles. The Labute approximate surface area is 188 Å². The summed E-state index contributed by atoms with van der Waals surface area (Å²) in [5, 5.41) is 1.69. The zero-order valence-electron chi connectivity index (χ0n) is 16.6. The van der Waals surface area contributed by atoms with E-state index in [-0.39, 0.29) is 11.8 Å². The fourth-order valence-corrected chi connectivity index (χ4v) is 4.66. The van der Waals surface area contributed by atoms with Crippen molar-refractivity contribution in [3.05, 3.63) is 88.9 Å². The summed E-state index contributed by atoms with van der Waals surface area (Å²) >= 11 is 3.51. The summed E-state index contributed by atoms with van der Waals surface area (Å²) in [5.41, 5.74) is 2.15. The van der Waals surface area contributed by atoms with E-state index in [1.807, 2.05) is 54.6 Å². The molecule has 156 valence electrons. The molecule has 3 atom stereocenters. The molecule has 5 rings (SSSR count). The number of para-hydroxylation sites is 1. The molecule has 7 heteroatoms. The molecular formula is C24H19BrN2O4. The van der Waals surface area contributed by atoms with Crippen LogP contribution in [-0.2, 0) is 14.4 Å². The molecule has 0 bridgehead atoms. The lowest BCUT2D eigenvalue weighted by Crippen LogP contribution is -2.37. The summed E-state index contributed by atoms with van der Waals surface area (Å²) in [6, 6.07) is 23.7. The molecule has 31 heavy (non-hydrogen) atoms. The number of hydroxylamine groups is 1. The molecule has 0 spiro atoms. The third kappa shape index (κ3) is 3.30. The zero-order chi connectivity index (χ0) is 21.5. The largest absolute Gasteiger partial charge is 0.497 e. The van der Waals surface area contributed by atoms with Gasteiger partial charge in [0.15, 0.2) is 6.10 Å². The van der Waals surface area contributed by atoms with Crippen LogP contribution in [-0.4, -0.2) is 25.0 Å². The first-order chi connectivity index (χ1) is 15.1. The van der Waals surface area contributed by atoms with Crippen molar-refractivity contribution >= 4 is 39.1 Å². The Morgan fingerprint density at radius 1 is 0.871 bits per heavy atom. The highest BCUT2D eigenvalue weighted by molar-refractivity contribution is 9.10. The lowest BCUT2D eigenvalue weighted by atomic mass is 9.90. The second-order valence-electron chi connectivity index (χ2n) is 7.43. The van der Waals surface area contributed by atoms with Gasteiger partial charge in [-0.1, -0.05) is 52.3 Å². The van der Waals surface area contributed by atoms with Gasteiger partial charge in [0.1, 0.15) is 11.7 Å². The fourth-order valence-electron chi connectivity index (χ4n) is 4.25. The molecule has 6 nitrogen and oxygen atoms in total. The summed E-state index contributed by atoms with van der Waals surface area (Å²) < 4.78 is 6.16. The van der Waals surface area contributed by atoms with Gasteiger partial charge in [0.25, 0.3) is 5.91 Å². The molecule has 2 fully saturated rings. The lowest BCUT2D eigenvalue weighted by Gasteiger charge is -2.29. The van der Waals surface area contributed by atoms with Crippen LogP contribution in [0.3, 0.4) is 0 Å². The number of anilines is 2. The Morgan fingerprint density at radius 2 is 1.61 bits per heavy atom. The quantitative estimate of drug-likeness (QED) is 0.516. The van der Waals surface area contributed by atoms with Gasteiger partial charge in [-0.25, -0.2) is 9.96 Å². The number of rotatable bonds is 4. The minimum atomic E-state index is -0.900. The SMILES string of the molecule is COc1cccc(N2C(=O)[C@@H]3[C@H](ON(c4ccccc4)[C@H]3c3cccc(Br)c3)C2=O)c1. The normalized spacial score (nSPS) is 22.7. The van der Waals surface area contributed by atoms with Crippen molar-refractivity contribution in [1.82, 2.24) is 0 Å².